The number of hydrogen-bond acceptors (Lipinski definition) is 9. The van der Waals surface area contributed by atoms with Crippen LogP contribution in [0.4, 0.5) is 0 Å². The fraction of sp³-hybridized carbons (Fsp3) is 0.675. The Kier molecular flexibility index (Phi) is 53.6. The molecule has 0 aromatic heterocycles. The van der Waals surface area contributed by atoms with Crippen LogP contribution < -0.4 is 27.4 Å². The SMILES string of the molecule is CCC(C)C(N)=NCCN(C)C.CCC(C)C1=NCCN1.CCC(C)C1=NCCN1.CCC(C)c1ccc(C(C)C)cc1.CCC(C)c1ccc(C(C)CC)cc1.CCC(C)c1ccc(C(C)CC)cc1.CCC(N)NCCN(C)C.CCc1ccc(C(C)CC)cc1. The first-order chi connectivity index (χ1) is 44.2. The molecule has 10 heteroatoms. The van der Waals surface area contributed by atoms with E-state index in [2.05, 4.69) is 304 Å². The Labute approximate surface area is 577 Å². The lowest BCUT2D eigenvalue weighted by molar-refractivity contribution is 0.382. The smallest absolute Gasteiger partial charge is 0.0992 e. The van der Waals surface area contributed by atoms with E-state index in [0.717, 1.165) is 77.5 Å². The summed E-state index contributed by atoms with van der Waals surface area (Å²) in [6.07, 6.45) is 13.1. The predicted molar refractivity (Wildman–Crippen MR) is 420 cm³/mol. The van der Waals surface area contributed by atoms with Crippen LogP contribution in [0.25, 0.3) is 0 Å². The molecule has 4 aromatic carbocycles. The first-order valence-electron chi connectivity index (χ1n) is 37.2. The standard InChI is InChI=1S/2C14H22.C13H20.C12H18.C9H21N3.C7H19N3.2C7H14N2/c2*1-5-11(3)13-7-9-14(10-8-13)12(4)6-2;1-5-11(4)13-8-6-12(7-9-13)10(2)3;1-4-10(3)12-8-6-11(5-2)7-9-12;1-5-8(2)9(10)11-6-7-12(3)4;1-4-7(8)9-5-6-10(2)3;2*1-3-6(2)7-8-4-5-9-7/h2*7-12H,5-6H2,1-4H3;6-11H,5H2,1-4H3;6-10H,4-5H2,1-3H3;8H,5-7H2,1-4H3,(H2,10,11);7,9H,4-6,8H2,1-3H3;2*6H,3-5H2,1-2H3,(H,8,9). The van der Waals surface area contributed by atoms with Gasteiger partial charge in [-0.15, -0.1) is 0 Å². The molecule has 93 heavy (non-hydrogen) atoms. The summed E-state index contributed by atoms with van der Waals surface area (Å²) in [6.45, 7) is 56.7. The fourth-order valence-electron chi connectivity index (χ4n) is 9.25. The van der Waals surface area contributed by atoms with E-state index in [0.29, 0.717) is 59.2 Å². The molecule has 2 heterocycles. The Morgan fingerprint density at radius 1 is 0.419 bits per heavy atom. The molecule has 0 aliphatic carbocycles. The molecule has 0 fully saturated rings. The van der Waals surface area contributed by atoms with Crippen molar-refractivity contribution in [2.75, 3.05) is 80.5 Å². The molecule has 6 rings (SSSR count). The molecule has 7 N–H and O–H groups in total. The molecule has 0 bridgehead atoms. The quantitative estimate of drug-likeness (QED) is 0.0217. The monoisotopic (exact) mass is 1290 g/mol. The van der Waals surface area contributed by atoms with E-state index < -0.39 is 0 Å². The van der Waals surface area contributed by atoms with E-state index in [1.807, 2.05) is 14.1 Å². The molecule has 10 nitrogen and oxygen atoms in total. The number of nitrogens with two attached hydrogens (primary N) is 2. The third kappa shape index (κ3) is 41.6. The first kappa shape index (κ1) is 90.2. The second kappa shape index (κ2) is 55.3. The Morgan fingerprint density at radius 2 is 0.710 bits per heavy atom. The van der Waals surface area contributed by atoms with Crippen LogP contribution in [0.15, 0.2) is 112 Å². The topological polar surface area (TPSA) is 132 Å². The number of nitrogens with zero attached hydrogens (tertiary/aromatic N) is 5. The number of rotatable bonds is 28. The van der Waals surface area contributed by atoms with Crippen LogP contribution in [-0.4, -0.2) is 114 Å². The maximum atomic E-state index is 5.75. The van der Waals surface area contributed by atoms with Crippen molar-refractivity contribution in [3.63, 3.8) is 0 Å². The highest BCUT2D eigenvalue weighted by atomic mass is 15.1. The van der Waals surface area contributed by atoms with E-state index in [9.17, 15) is 0 Å². The Morgan fingerprint density at radius 3 is 0.935 bits per heavy atom. The van der Waals surface area contributed by atoms with E-state index in [-0.39, 0.29) is 6.17 Å². The van der Waals surface area contributed by atoms with Crippen molar-refractivity contribution < 1.29 is 0 Å². The molecule has 0 saturated heterocycles. The maximum Gasteiger partial charge on any atom is 0.0992 e. The summed E-state index contributed by atoms with van der Waals surface area (Å²) < 4.78 is 0. The average molecular weight is 1290 g/mol. The average Bonchev–Trinajstić information content (AvgIpc) is 2.48. The van der Waals surface area contributed by atoms with Gasteiger partial charge >= 0.3 is 0 Å². The Bertz CT molecular complexity index is 2300. The first-order valence-corrected chi connectivity index (χ1v) is 37.2. The summed E-state index contributed by atoms with van der Waals surface area (Å²) in [7, 11) is 8.18. The van der Waals surface area contributed by atoms with Gasteiger partial charge in [0.05, 0.1) is 43.3 Å². The van der Waals surface area contributed by atoms with E-state index in [4.69, 9.17) is 11.5 Å². The Balaban J connectivity index is 0. The van der Waals surface area contributed by atoms with Crippen molar-refractivity contribution in [2.24, 2.45) is 44.2 Å². The van der Waals surface area contributed by atoms with Gasteiger partial charge in [-0.25, -0.2) is 0 Å². The van der Waals surface area contributed by atoms with Crippen LogP contribution in [0.5, 0.6) is 0 Å². The lowest BCUT2D eigenvalue weighted by Crippen LogP contribution is -2.40. The maximum absolute atomic E-state index is 5.75. The van der Waals surface area contributed by atoms with Gasteiger partial charge in [-0.1, -0.05) is 249 Å². The fourth-order valence-corrected chi connectivity index (χ4v) is 9.25. The van der Waals surface area contributed by atoms with Crippen molar-refractivity contribution in [1.29, 1.82) is 0 Å². The third-order valence-electron chi connectivity index (χ3n) is 18.9. The molecule has 0 radical (unpaired) electrons. The summed E-state index contributed by atoms with van der Waals surface area (Å²) in [6, 6.07) is 36.3. The number of aliphatic imine (C=N–C) groups is 3. The van der Waals surface area contributed by atoms with Crippen LogP contribution in [0.3, 0.4) is 0 Å². The number of hydrogen-bond donors (Lipinski definition) is 5. The molecular formula is C83H150N10. The third-order valence-corrected chi connectivity index (χ3v) is 18.9. The summed E-state index contributed by atoms with van der Waals surface area (Å²) in [4.78, 5) is 17.2. The van der Waals surface area contributed by atoms with E-state index >= 15 is 0 Å². The Hall–Kier alpha value is -4.87. The lowest BCUT2D eigenvalue weighted by atomic mass is 9.93. The second-order valence-electron chi connectivity index (χ2n) is 27.3. The number of likely N-dealkylation sites (N-methyl/N-ethyl adjacent to an activating group) is 2. The van der Waals surface area contributed by atoms with Crippen LogP contribution in [0, 0.1) is 17.8 Å². The highest BCUT2D eigenvalue weighted by molar-refractivity contribution is 5.86. The molecular weight excluding hydrogens is 1140 g/mol. The van der Waals surface area contributed by atoms with Gasteiger partial charge in [0.2, 0.25) is 0 Å². The largest absolute Gasteiger partial charge is 0.387 e. The molecule has 4 aromatic rings. The van der Waals surface area contributed by atoms with Crippen molar-refractivity contribution in [3.05, 3.63) is 142 Å². The molecule has 0 saturated carbocycles. The van der Waals surface area contributed by atoms with Crippen molar-refractivity contribution in [2.45, 2.75) is 271 Å². The second-order valence-corrected chi connectivity index (χ2v) is 27.3. The minimum atomic E-state index is 0.167. The minimum absolute atomic E-state index is 0.167. The molecule has 0 amide bonds. The lowest BCUT2D eigenvalue weighted by Gasteiger charge is -2.13. The highest BCUT2D eigenvalue weighted by Gasteiger charge is 2.13. The van der Waals surface area contributed by atoms with Crippen LogP contribution in [0.1, 0.15) is 302 Å². The summed E-state index contributed by atoms with van der Waals surface area (Å²) in [5.41, 5.74) is 23.1. The minimum Gasteiger partial charge on any atom is -0.387 e. The molecule has 2 aliphatic rings. The molecule has 10 atom stereocenters. The molecule has 2 aliphatic heterocycles. The summed E-state index contributed by atoms with van der Waals surface area (Å²) >= 11 is 0. The van der Waals surface area contributed by atoms with Crippen molar-refractivity contribution >= 4 is 17.5 Å². The number of nitrogens with one attached hydrogen (secondary N) is 3. The highest BCUT2D eigenvalue weighted by Crippen LogP contribution is 2.26. The normalized spacial score (nSPS) is 15.6. The number of amidine groups is 3. The van der Waals surface area contributed by atoms with Crippen LogP contribution in [0.2, 0.25) is 0 Å². The summed E-state index contributed by atoms with van der Waals surface area (Å²) in [5, 5.41) is 9.71. The van der Waals surface area contributed by atoms with Crippen molar-refractivity contribution in [3.8, 4) is 0 Å². The summed E-state index contributed by atoms with van der Waals surface area (Å²) in [5.74, 6) is 9.72. The van der Waals surface area contributed by atoms with Gasteiger partial charge in [0.25, 0.3) is 0 Å². The van der Waals surface area contributed by atoms with Gasteiger partial charge < -0.3 is 37.2 Å². The van der Waals surface area contributed by atoms with Gasteiger partial charge in [-0.2, -0.15) is 0 Å². The number of aryl methyl sites for hydroxylation is 1. The molecule has 532 valence electrons. The van der Waals surface area contributed by atoms with Gasteiger partial charge in [-0.3, -0.25) is 15.0 Å². The predicted octanol–water partition coefficient (Wildman–Crippen LogP) is 20.4. The van der Waals surface area contributed by atoms with Gasteiger partial charge in [0, 0.05) is 50.5 Å². The number of benzene rings is 4. The van der Waals surface area contributed by atoms with Crippen LogP contribution in [-0.2, 0) is 6.42 Å². The molecule has 0 spiro atoms. The van der Waals surface area contributed by atoms with E-state index in [1.54, 1.807) is 0 Å². The zero-order valence-corrected chi connectivity index (χ0v) is 65.4. The zero-order valence-electron chi connectivity index (χ0n) is 65.4. The van der Waals surface area contributed by atoms with E-state index in [1.165, 1.54) is 108 Å². The van der Waals surface area contributed by atoms with Gasteiger partial charge in [0.1, 0.15) is 0 Å². The zero-order chi connectivity index (χ0) is 70.8. The van der Waals surface area contributed by atoms with Crippen LogP contribution >= 0.6 is 0 Å². The van der Waals surface area contributed by atoms with Gasteiger partial charge in [-0.05, 0) is 185 Å². The van der Waals surface area contributed by atoms with Gasteiger partial charge in [0.15, 0.2) is 0 Å². The molecule has 10 unspecified atom stereocenters. The van der Waals surface area contributed by atoms with Crippen molar-refractivity contribution in [1.82, 2.24) is 25.8 Å².